The average Bonchev–Trinajstić information content (AvgIpc) is 3.79. The minimum atomic E-state index is -0.788. The Morgan fingerprint density at radius 2 is 1.58 bits per heavy atom. The van der Waals surface area contributed by atoms with Crippen LogP contribution in [0.4, 0.5) is 0 Å². The Hall–Kier alpha value is -5.02. The number of amides is 3. The predicted octanol–water partition coefficient (Wildman–Crippen LogP) is 4.92. The summed E-state index contributed by atoms with van der Waals surface area (Å²) in [5, 5.41) is 11.4. The van der Waals surface area contributed by atoms with E-state index in [9.17, 15) is 19.2 Å². The van der Waals surface area contributed by atoms with E-state index in [-0.39, 0.29) is 68.0 Å². The molecule has 3 N–H and O–H groups in total. The molecular formula is C41H44N4O5. The smallest absolute Gasteiger partial charge is 0.251 e. The maximum atomic E-state index is 14.5. The van der Waals surface area contributed by atoms with Gasteiger partial charge in [-0.3, -0.25) is 24.1 Å². The first-order valence-corrected chi connectivity index (χ1v) is 17.8. The molecule has 0 spiro atoms. The van der Waals surface area contributed by atoms with Crippen molar-refractivity contribution in [3.8, 4) is 16.9 Å². The van der Waals surface area contributed by atoms with Crippen LogP contribution in [-0.4, -0.2) is 73.3 Å². The van der Waals surface area contributed by atoms with E-state index in [4.69, 9.17) is 4.74 Å². The number of hydrogen-bond donors (Lipinski definition) is 3. The number of ketones is 1. The molecule has 1 saturated heterocycles. The van der Waals surface area contributed by atoms with Gasteiger partial charge in [0, 0.05) is 30.0 Å². The molecule has 7 rings (SSSR count). The summed E-state index contributed by atoms with van der Waals surface area (Å²) in [5.74, 6) is -0.609. The van der Waals surface area contributed by atoms with Crippen LogP contribution in [0, 0.1) is 11.8 Å². The third kappa shape index (κ3) is 7.73. The first kappa shape index (κ1) is 33.5. The van der Waals surface area contributed by atoms with E-state index in [0.29, 0.717) is 24.2 Å². The number of Topliss-reactive ketones (excluding diaryl/α,β-unsaturated/α-hetero) is 1. The average molecular weight is 673 g/mol. The molecule has 0 radical (unpaired) electrons. The Balaban J connectivity index is 1.13. The van der Waals surface area contributed by atoms with Gasteiger partial charge in [0.25, 0.3) is 5.91 Å². The number of fused-ring (bicyclic) bond motifs is 6. The highest BCUT2D eigenvalue weighted by Gasteiger charge is 2.42. The van der Waals surface area contributed by atoms with Crippen LogP contribution in [0.25, 0.3) is 21.9 Å². The Morgan fingerprint density at radius 1 is 0.820 bits per heavy atom. The molecule has 50 heavy (non-hydrogen) atoms. The van der Waals surface area contributed by atoms with E-state index in [2.05, 4.69) is 20.9 Å². The van der Waals surface area contributed by atoms with Crippen LogP contribution in [0.3, 0.4) is 0 Å². The van der Waals surface area contributed by atoms with Gasteiger partial charge < -0.3 is 20.7 Å². The molecule has 3 amide bonds. The van der Waals surface area contributed by atoms with Crippen LogP contribution in [0.1, 0.15) is 48.0 Å². The maximum absolute atomic E-state index is 14.5. The molecule has 9 nitrogen and oxygen atoms in total. The summed E-state index contributed by atoms with van der Waals surface area (Å²) in [6.07, 6.45) is 3.64. The van der Waals surface area contributed by atoms with E-state index < -0.39 is 12.0 Å². The summed E-state index contributed by atoms with van der Waals surface area (Å²) < 4.78 is 6.37. The van der Waals surface area contributed by atoms with Crippen molar-refractivity contribution in [1.82, 2.24) is 20.9 Å². The Morgan fingerprint density at radius 3 is 2.44 bits per heavy atom. The molecule has 3 aliphatic rings. The summed E-state index contributed by atoms with van der Waals surface area (Å²) >= 11 is 0. The number of carbonyl (C=O) groups excluding carboxylic acids is 4. The van der Waals surface area contributed by atoms with Crippen molar-refractivity contribution < 1.29 is 23.9 Å². The molecule has 258 valence electrons. The van der Waals surface area contributed by atoms with E-state index in [1.165, 1.54) is 0 Å². The zero-order chi connectivity index (χ0) is 34.5. The summed E-state index contributed by atoms with van der Waals surface area (Å²) in [7, 11) is 0. The number of likely N-dealkylation sites (tertiary alicyclic amines) is 1. The molecular weight excluding hydrogens is 628 g/mol. The zero-order valence-electron chi connectivity index (χ0n) is 28.2. The van der Waals surface area contributed by atoms with Crippen LogP contribution >= 0.6 is 0 Å². The lowest BCUT2D eigenvalue weighted by Crippen LogP contribution is -2.49. The highest BCUT2D eigenvalue weighted by Crippen LogP contribution is 2.36. The lowest BCUT2D eigenvalue weighted by Gasteiger charge is -2.26. The van der Waals surface area contributed by atoms with Crippen LogP contribution < -0.4 is 20.7 Å². The topological polar surface area (TPSA) is 117 Å². The van der Waals surface area contributed by atoms with Gasteiger partial charge in [-0.15, -0.1) is 0 Å². The molecule has 1 saturated carbocycles. The third-order valence-corrected chi connectivity index (χ3v) is 10.4. The van der Waals surface area contributed by atoms with Gasteiger partial charge in [0.2, 0.25) is 11.8 Å². The molecule has 0 aromatic heterocycles. The summed E-state index contributed by atoms with van der Waals surface area (Å²) in [6.45, 7) is 2.47. The molecule has 4 aromatic rings. The Bertz CT molecular complexity index is 1880. The second-order valence-corrected chi connectivity index (χ2v) is 13.9. The monoisotopic (exact) mass is 672 g/mol. The number of nitrogens with one attached hydrogen (secondary N) is 3. The summed E-state index contributed by atoms with van der Waals surface area (Å²) in [6, 6.07) is 28.1. The molecule has 9 heteroatoms. The van der Waals surface area contributed by atoms with Gasteiger partial charge in [0.05, 0.1) is 25.6 Å². The molecule has 2 heterocycles. The second-order valence-electron chi connectivity index (χ2n) is 13.9. The molecule has 1 unspecified atom stereocenters. The lowest BCUT2D eigenvalue weighted by molar-refractivity contribution is -0.131. The second kappa shape index (κ2) is 15.3. The zero-order valence-corrected chi connectivity index (χ0v) is 28.2. The highest BCUT2D eigenvalue weighted by molar-refractivity contribution is 6.01. The van der Waals surface area contributed by atoms with E-state index >= 15 is 0 Å². The maximum Gasteiger partial charge on any atom is 0.251 e. The quantitative estimate of drug-likeness (QED) is 0.268. The van der Waals surface area contributed by atoms with E-state index in [1.54, 1.807) is 6.07 Å². The van der Waals surface area contributed by atoms with Crippen LogP contribution in [-0.2, 0) is 20.8 Å². The third-order valence-electron chi connectivity index (χ3n) is 10.4. The molecule has 4 aromatic carbocycles. The number of hydrogen-bond acceptors (Lipinski definition) is 6. The fourth-order valence-corrected chi connectivity index (χ4v) is 7.92. The van der Waals surface area contributed by atoms with Crippen molar-refractivity contribution in [3.63, 3.8) is 0 Å². The van der Waals surface area contributed by atoms with Crippen molar-refractivity contribution in [2.75, 3.05) is 32.8 Å². The van der Waals surface area contributed by atoms with Crippen LogP contribution in [0.5, 0.6) is 5.75 Å². The van der Waals surface area contributed by atoms with Gasteiger partial charge >= 0.3 is 0 Å². The number of carbonyl (C=O) groups is 4. The van der Waals surface area contributed by atoms with Crippen molar-refractivity contribution in [3.05, 3.63) is 102 Å². The molecule has 2 aliphatic heterocycles. The fourth-order valence-electron chi connectivity index (χ4n) is 7.92. The molecule has 2 bridgehead atoms. The van der Waals surface area contributed by atoms with Gasteiger partial charge in [-0.05, 0) is 90.9 Å². The van der Waals surface area contributed by atoms with Gasteiger partial charge in [0.1, 0.15) is 5.75 Å². The first-order chi connectivity index (χ1) is 24.4. The van der Waals surface area contributed by atoms with E-state index in [1.807, 2.05) is 84.9 Å². The minimum absolute atomic E-state index is 0.0857. The molecule has 4 atom stereocenters. The Labute approximate surface area is 292 Å². The van der Waals surface area contributed by atoms with Crippen molar-refractivity contribution in [2.45, 2.75) is 50.6 Å². The van der Waals surface area contributed by atoms with Crippen molar-refractivity contribution >= 4 is 34.3 Å². The summed E-state index contributed by atoms with van der Waals surface area (Å²) in [4.78, 5) is 56.7. The SMILES string of the molecule is O=C(Cc1cccc2ccccc12)N[C@H]1CC2C(=O)[C@H](NC(=O)CN3CCCC3)CCNC(=O)c3ccccc3-c3cccc(c3)OC[C@@H]2C1. The van der Waals surface area contributed by atoms with Gasteiger partial charge in [-0.2, -0.15) is 0 Å². The standard InChI is InChI=1S/C41H44N4O5/c46-38(23-29-11-7-10-27-9-1-2-14-33(27)29)43-31-21-30-26-50-32-13-8-12-28(22-32)34-15-3-4-16-35(34)41(49)42-18-17-37(40(48)36(30)24-31)44-39(47)25-45-19-5-6-20-45/h1-4,7-16,22,30-31,36-37H,5-6,17-21,23-26H2,(H,42,49)(H,43,46)(H,44,47)/t30-,31+,36?,37+/m0/s1. The largest absolute Gasteiger partial charge is 0.493 e. The number of rotatable bonds is 6. The van der Waals surface area contributed by atoms with Gasteiger partial charge in [-0.1, -0.05) is 72.8 Å². The highest BCUT2D eigenvalue weighted by atomic mass is 16.5. The molecule has 1 aliphatic carbocycles. The van der Waals surface area contributed by atoms with E-state index in [0.717, 1.165) is 53.4 Å². The minimum Gasteiger partial charge on any atom is -0.493 e. The van der Waals surface area contributed by atoms with Crippen LogP contribution in [0.2, 0.25) is 0 Å². The number of ether oxygens (including phenoxy) is 1. The fraction of sp³-hybridized carbons (Fsp3) is 0.366. The first-order valence-electron chi connectivity index (χ1n) is 17.8. The lowest BCUT2D eigenvalue weighted by atomic mass is 9.87. The summed E-state index contributed by atoms with van der Waals surface area (Å²) in [5.41, 5.74) is 3.12. The van der Waals surface area contributed by atoms with Gasteiger partial charge in [0.15, 0.2) is 5.78 Å². The normalized spacial score (nSPS) is 22.7. The van der Waals surface area contributed by atoms with Crippen molar-refractivity contribution in [2.24, 2.45) is 11.8 Å². The van der Waals surface area contributed by atoms with Crippen molar-refractivity contribution in [1.29, 1.82) is 0 Å². The number of nitrogens with zero attached hydrogens (tertiary/aromatic N) is 1. The van der Waals surface area contributed by atoms with Gasteiger partial charge in [-0.25, -0.2) is 0 Å². The predicted molar refractivity (Wildman–Crippen MR) is 193 cm³/mol. The molecule has 2 fully saturated rings. The van der Waals surface area contributed by atoms with Crippen LogP contribution in [0.15, 0.2) is 91.0 Å². The number of benzene rings is 4. The Kier molecular flexibility index (Phi) is 10.2.